The molecule has 0 saturated carbocycles. The fourth-order valence-electron chi connectivity index (χ4n) is 7.90. The summed E-state index contributed by atoms with van der Waals surface area (Å²) in [5, 5.41) is 4.37. The molecule has 0 spiro atoms. The van der Waals surface area contributed by atoms with E-state index < -0.39 is 0 Å². The number of nitrogens with zero attached hydrogens (tertiary/aromatic N) is 3. The van der Waals surface area contributed by atoms with Gasteiger partial charge < -0.3 is 8.83 Å². The summed E-state index contributed by atoms with van der Waals surface area (Å²) in [6.45, 7) is 0. The predicted octanol–water partition coefficient (Wildman–Crippen LogP) is 13.7. The Balaban J connectivity index is 1.02. The zero-order valence-corrected chi connectivity index (χ0v) is 30.1. The van der Waals surface area contributed by atoms with Crippen LogP contribution in [0.2, 0.25) is 0 Å². The summed E-state index contributed by atoms with van der Waals surface area (Å²) in [7, 11) is 0. The number of pyridine rings is 1. The Morgan fingerprint density at radius 1 is 0.339 bits per heavy atom. The number of aromatic nitrogens is 3. The van der Waals surface area contributed by atoms with Gasteiger partial charge in [-0.15, -0.1) is 0 Å². The SMILES string of the molecule is c1ccc(-c2nc(-c3ccc(-c4ccccn4)cc3)cc(-c3ccc(-c4ccc(-c5cccc6oc7ccccc7c56)c5c4oc4ccccc45)cc3)n2)cc1. The Kier molecular flexibility index (Phi) is 7.42. The van der Waals surface area contributed by atoms with Crippen LogP contribution in [0, 0.1) is 0 Å². The molecule has 4 aromatic heterocycles. The van der Waals surface area contributed by atoms with Crippen molar-refractivity contribution < 1.29 is 8.83 Å². The van der Waals surface area contributed by atoms with Gasteiger partial charge in [0.05, 0.1) is 17.1 Å². The van der Waals surface area contributed by atoms with E-state index in [2.05, 4.69) is 108 Å². The first-order valence-electron chi connectivity index (χ1n) is 18.7. The molecule has 11 aromatic rings. The van der Waals surface area contributed by atoms with Crippen LogP contribution < -0.4 is 0 Å². The standard InChI is InChI=1S/C51H31N3O2/c1-2-11-36(12-3-1)51-53-43(31-44(54-51)35-26-24-33(25-27-35)42-16-8-9-30-52-42)34-22-20-32(21-23-34)37-28-29-39(49-41-14-5-7-18-46(41)56-50(37)49)38-15-10-19-47-48(38)40-13-4-6-17-45(40)55-47/h1-31H. The molecule has 0 unspecified atom stereocenters. The highest BCUT2D eigenvalue weighted by atomic mass is 16.3. The summed E-state index contributed by atoms with van der Waals surface area (Å²) in [6.07, 6.45) is 1.82. The topological polar surface area (TPSA) is 65.0 Å². The van der Waals surface area contributed by atoms with Gasteiger partial charge in [0.2, 0.25) is 0 Å². The molecule has 5 heteroatoms. The maximum atomic E-state index is 6.71. The van der Waals surface area contributed by atoms with E-state index in [1.54, 1.807) is 0 Å². The average molecular weight is 718 g/mol. The van der Waals surface area contributed by atoms with Gasteiger partial charge >= 0.3 is 0 Å². The fourth-order valence-corrected chi connectivity index (χ4v) is 7.90. The summed E-state index contributed by atoms with van der Waals surface area (Å²) < 4.78 is 13.0. The molecule has 4 heterocycles. The van der Waals surface area contributed by atoms with E-state index in [4.69, 9.17) is 18.8 Å². The minimum Gasteiger partial charge on any atom is -0.456 e. The molecule has 7 aromatic carbocycles. The Morgan fingerprint density at radius 3 is 1.59 bits per heavy atom. The molecular formula is C51H31N3O2. The lowest BCUT2D eigenvalue weighted by Crippen LogP contribution is -1.96. The van der Waals surface area contributed by atoms with Crippen LogP contribution >= 0.6 is 0 Å². The van der Waals surface area contributed by atoms with E-state index in [1.807, 2.05) is 85.1 Å². The van der Waals surface area contributed by atoms with Gasteiger partial charge in [-0.2, -0.15) is 0 Å². The summed E-state index contributed by atoms with van der Waals surface area (Å²) in [5.74, 6) is 0.677. The highest BCUT2D eigenvalue weighted by Gasteiger charge is 2.20. The minimum absolute atomic E-state index is 0.677. The molecule has 262 valence electrons. The van der Waals surface area contributed by atoms with Gasteiger partial charge in [-0.05, 0) is 59.2 Å². The molecule has 11 rings (SSSR count). The van der Waals surface area contributed by atoms with Crippen molar-refractivity contribution in [2.24, 2.45) is 0 Å². The van der Waals surface area contributed by atoms with E-state index >= 15 is 0 Å². The molecule has 0 N–H and O–H groups in total. The number of furan rings is 2. The summed E-state index contributed by atoms with van der Waals surface area (Å²) in [4.78, 5) is 14.6. The Labute approximate surface area is 322 Å². The van der Waals surface area contributed by atoms with Crippen LogP contribution in [0.25, 0.3) is 111 Å². The monoisotopic (exact) mass is 717 g/mol. The number of benzene rings is 7. The predicted molar refractivity (Wildman–Crippen MR) is 227 cm³/mol. The number of rotatable bonds is 6. The van der Waals surface area contributed by atoms with Gasteiger partial charge in [0.15, 0.2) is 5.82 Å². The lowest BCUT2D eigenvalue weighted by molar-refractivity contribution is 0.668. The van der Waals surface area contributed by atoms with Crippen LogP contribution in [0.4, 0.5) is 0 Å². The first-order valence-corrected chi connectivity index (χ1v) is 18.7. The zero-order valence-electron chi connectivity index (χ0n) is 30.1. The van der Waals surface area contributed by atoms with Crippen molar-refractivity contribution in [3.63, 3.8) is 0 Å². The molecule has 0 amide bonds. The second-order valence-corrected chi connectivity index (χ2v) is 13.9. The van der Waals surface area contributed by atoms with E-state index in [0.29, 0.717) is 5.82 Å². The van der Waals surface area contributed by atoms with E-state index in [1.165, 1.54) is 0 Å². The molecular weight excluding hydrogens is 687 g/mol. The third-order valence-electron chi connectivity index (χ3n) is 10.6. The van der Waals surface area contributed by atoms with Crippen LogP contribution in [0.3, 0.4) is 0 Å². The number of hydrogen-bond donors (Lipinski definition) is 0. The third kappa shape index (κ3) is 5.37. The maximum Gasteiger partial charge on any atom is 0.160 e. The van der Waals surface area contributed by atoms with Crippen LogP contribution in [0.5, 0.6) is 0 Å². The van der Waals surface area contributed by atoms with Gasteiger partial charge in [0, 0.05) is 55.6 Å². The molecule has 0 fully saturated rings. The Bertz CT molecular complexity index is 3220. The quantitative estimate of drug-likeness (QED) is 0.171. The van der Waals surface area contributed by atoms with Gasteiger partial charge in [-0.25, -0.2) is 9.97 Å². The number of fused-ring (bicyclic) bond motifs is 6. The largest absolute Gasteiger partial charge is 0.456 e. The summed E-state index contributed by atoms with van der Waals surface area (Å²) in [6, 6.07) is 62.4. The first-order chi connectivity index (χ1) is 27.7. The third-order valence-corrected chi connectivity index (χ3v) is 10.6. The van der Waals surface area contributed by atoms with E-state index in [-0.39, 0.29) is 0 Å². The van der Waals surface area contributed by atoms with Gasteiger partial charge in [0.25, 0.3) is 0 Å². The lowest BCUT2D eigenvalue weighted by atomic mass is 9.92. The molecule has 0 aliphatic heterocycles. The molecule has 0 saturated heterocycles. The smallest absolute Gasteiger partial charge is 0.160 e. The average Bonchev–Trinajstić information content (AvgIpc) is 3.86. The van der Waals surface area contributed by atoms with Crippen molar-refractivity contribution in [3.8, 4) is 67.4 Å². The van der Waals surface area contributed by atoms with Crippen LogP contribution in [-0.2, 0) is 0 Å². The van der Waals surface area contributed by atoms with Gasteiger partial charge in [-0.1, -0.05) is 140 Å². The molecule has 5 nitrogen and oxygen atoms in total. The Hall–Kier alpha value is -7.63. The molecule has 0 radical (unpaired) electrons. The van der Waals surface area contributed by atoms with Crippen molar-refractivity contribution in [1.82, 2.24) is 15.0 Å². The van der Waals surface area contributed by atoms with Crippen molar-refractivity contribution in [1.29, 1.82) is 0 Å². The molecule has 0 aliphatic rings. The zero-order chi connectivity index (χ0) is 37.0. The van der Waals surface area contributed by atoms with Crippen LogP contribution in [0.15, 0.2) is 197 Å². The molecule has 0 aliphatic carbocycles. The first kappa shape index (κ1) is 31.9. The molecule has 56 heavy (non-hydrogen) atoms. The van der Waals surface area contributed by atoms with Gasteiger partial charge in [0.1, 0.15) is 22.3 Å². The number of para-hydroxylation sites is 2. The normalized spacial score (nSPS) is 11.6. The fraction of sp³-hybridized carbons (Fsp3) is 0. The highest BCUT2D eigenvalue weighted by Crippen LogP contribution is 2.45. The van der Waals surface area contributed by atoms with Crippen LogP contribution in [-0.4, -0.2) is 15.0 Å². The molecule has 0 bridgehead atoms. The van der Waals surface area contributed by atoms with Crippen molar-refractivity contribution in [2.75, 3.05) is 0 Å². The van der Waals surface area contributed by atoms with Crippen molar-refractivity contribution in [2.45, 2.75) is 0 Å². The summed E-state index contributed by atoms with van der Waals surface area (Å²) >= 11 is 0. The Morgan fingerprint density at radius 2 is 0.893 bits per heavy atom. The summed E-state index contributed by atoms with van der Waals surface area (Å²) in [5.41, 5.74) is 14.4. The van der Waals surface area contributed by atoms with Crippen molar-refractivity contribution in [3.05, 3.63) is 188 Å². The number of hydrogen-bond acceptors (Lipinski definition) is 5. The van der Waals surface area contributed by atoms with E-state index in [0.717, 1.165) is 105 Å². The molecule has 0 atom stereocenters. The minimum atomic E-state index is 0.677. The van der Waals surface area contributed by atoms with E-state index in [9.17, 15) is 0 Å². The maximum absolute atomic E-state index is 6.71. The van der Waals surface area contributed by atoms with Crippen LogP contribution in [0.1, 0.15) is 0 Å². The second kappa shape index (κ2) is 13.0. The lowest BCUT2D eigenvalue weighted by Gasteiger charge is -2.12. The second-order valence-electron chi connectivity index (χ2n) is 13.9. The van der Waals surface area contributed by atoms with Crippen molar-refractivity contribution >= 4 is 43.9 Å². The highest BCUT2D eigenvalue weighted by molar-refractivity contribution is 6.21. The van der Waals surface area contributed by atoms with Gasteiger partial charge in [-0.3, -0.25) is 4.98 Å².